The topological polar surface area (TPSA) is 206 Å². The molecular weight excluding hydrogens is 624 g/mol. The Bertz CT molecular complexity index is 1560. The molecule has 1 saturated heterocycles. The molecule has 2 aliphatic rings. The highest BCUT2D eigenvalue weighted by Crippen LogP contribution is 2.41. The Morgan fingerprint density at radius 2 is 1.84 bits per heavy atom. The number of aromatic hydroxyl groups is 2. The van der Waals surface area contributed by atoms with Crippen molar-refractivity contribution in [2.45, 2.75) is 25.3 Å². The summed E-state index contributed by atoms with van der Waals surface area (Å²) in [7, 11) is -2.00. The van der Waals surface area contributed by atoms with Crippen molar-refractivity contribution in [3.05, 3.63) is 50.5 Å². The summed E-state index contributed by atoms with van der Waals surface area (Å²) in [6.45, 7) is 1.47. The number of amides is 5. The van der Waals surface area contributed by atoms with Crippen LogP contribution in [0, 0.1) is 11.6 Å². The molecule has 0 radical (unpaired) electrons. The molecule has 2 aromatic rings. The number of imide groups is 1. The fraction of sp³-hybridized carbons (Fsp3) is 0.292. The molecule has 0 saturated carbocycles. The first-order valence-corrected chi connectivity index (χ1v) is 13.1. The smallest absolute Gasteiger partial charge is 0.534 e. The maximum absolute atomic E-state index is 15.1. The van der Waals surface area contributed by atoms with E-state index in [1.807, 2.05) is 0 Å². The second-order valence-corrected chi connectivity index (χ2v) is 10.1. The van der Waals surface area contributed by atoms with Crippen molar-refractivity contribution >= 4 is 60.0 Å². The minimum Gasteiger partial charge on any atom is -0.534 e. The van der Waals surface area contributed by atoms with Gasteiger partial charge in [-0.15, -0.1) is 0 Å². The number of hydrogen-bond acceptors (Lipinski definition) is 9. The second-order valence-electron chi connectivity index (χ2n) is 9.35. The highest BCUT2D eigenvalue weighted by molar-refractivity contribution is 6.47. The lowest BCUT2D eigenvalue weighted by Gasteiger charge is -2.33. The first-order chi connectivity index (χ1) is 20.2. The zero-order chi connectivity index (χ0) is 31.9. The van der Waals surface area contributed by atoms with Crippen LogP contribution in [0.3, 0.4) is 0 Å². The Morgan fingerprint density at radius 3 is 2.47 bits per heavy atom. The van der Waals surface area contributed by atoms with Gasteiger partial charge in [-0.25, -0.2) is 18.4 Å². The quantitative estimate of drug-likeness (QED) is 0.149. The predicted octanol–water partition coefficient (Wildman–Crippen LogP) is 0.962. The Labute approximate surface area is 250 Å². The van der Waals surface area contributed by atoms with Crippen molar-refractivity contribution < 1.29 is 57.8 Å². The molecule has 5 amide bonds. The molecule has 0 bridgehead atoms. The predicted molar refractivity (Wildman–Crippen MR) is 143 cm³/mol. The SMILES string of the molecule is CCN1CCN(C(=O)N[C@@H](C(=O)N[C@H]2Cc3cc(Cl)c(F)c(C(=O)O)c3OB2O)c2c(F)cc(O)c(O)c2Cl)C(=O)C1=O. The van der Waals surface area contributed by atoms with E-state index in [2.05, 4.69) is 10.6 Å². The van der Waals surface area contributed by atoms with Gasteiger partial charge in [0.2, 0.25) is 5.91 Å². The Kier molecular flexibility index (Phi) is 8.89. The number of rotatable bonds is 6. The van der Waals surface area contributed by atoms with E-state index in [1.165, 1.54) is 4.90 Å². The van der Waals surface area contributed by atoms with Gasteiger partial charge in [0.25, 0.3) is 0 Å². The summed E-state index contributed by atoms with van der Waals surface area (Å²) < 4.78 is 34.6. The summed E-state index contributed by atoms with van der Waals surface area (Å²) in [5.74, 6) is -12.0. The van der Waals surface area contributed by atoms with Crippen molar-refractivity contribution in [3.63, 3.8) is 0 Å². The molecule has 0 aromatic heterocycles. The van der Waals surface area contributed by atoms with Crippen LogP contribution in [0.15, 0.2) is 12.1 Å². The number of aromatic carboxylic acids is 1. The molecule has 2 heterocycles. The van der Waals surface area contributed by atoms with Gasteiger partial charge in [-0.1, -0.05) is 23.2 Å². The maximum Gasteiger partial charge on any atom is 0.547 e. The summed E-state index contributed by atoms with van der Waals surface area (Å²) in [6, 6.07) is -2.07. The van der Waals surface area contributed by atoms with E-state index in [0.717, 1.165) is 6.07 Å². The third-order valence-corrected chi connectivity index (χ3v) is 7.43. The number of piperazine rings is 1. The van der Waals surface area contributed by atoms with E-state index in [0.29, 0.717) is 11.0 Å². The lowest BCUT2D eigenvalue weighted by atomic mass is 9.72. The molecule has 1 fully saturated rings. The van der Waals surface area contributed by atoms with Gasteiger partial charge >= 0.3 is 30.9 Å². The van der Waals surface area contributed by atoms with Crippen LogP contribution in [-0.2, 0) is 20.8 Å². The Hall–Kier alpha value is -4.35. The van der Waals surface area contributed by atoms with Gasteiger partial charge in [-0.05, 0) is 25.0 Å². The Morgan fingerprint density at radius 1 is 1.16 bits per heavy atom. The molecule has 43 heavy (non-hydrogen) atoms. The molecule has 0 spiro atoms. The third kappa shape index (κ3) is 5.82. The van der Waals surface area contributed by atoms with E-state index in [-0.39, 0.29) is 25.2 Å². The molecular formula is C24H21BCl2F2N4O10. The molecule has 2 aromatic carbocycles. The van der Waals surface area contributed by atoms with Crippen molar-refractivity contribution in [2.75, 3.05) is 19.6 Å². The second kappa shape index (κ2) is 12.1. The number of phenolic OH excluding ortho intramolecular Hbond substituents is 2. The number of phenols is 2. The molecule has 4 rings (SSSR count). The van der Waals surface area contributed by atoms with Crippen LogP contribution in [0.4, 0.5) is 13.6 Å². The average molecular weight is 645 g/mol. The molecule has 0 aliphatic carbocycles. The summed E-state index contributed by atoms with van der Waals surface area (Å²) in [5.41, 5.74) is -1.87. The minimum atomic E-state index is -2.15. The largest absolute Gasteiger partial charge is 0.547 e. The number of carbonyl (C=O) groups excluding carboxylic acids is 4. The number of fused-ring (bicyclic) bond motifs is 1. The number of halogens is 4. The molecule has 19 heteroatoms. The molecule has 2 atom stereocenters. The Balaban J connectivity index is 1.67. The van der Waals surface area contributed by atoms with Gasteiger partial charge in [0.15, 0.2) is 17.3 Å². The normalized spacial score (nSPS) is 17.3. The minimum absolute atomic E-state index is 0.0348. The number of nitrogens with zero attached hydrogens (tertiary/aromatic N) is 2. The van der Waals surface area contributed by atoms with Crippen LogP contribution in [0.1, 0.15) is 34.5 Å². The van der Waals surface area contributed by atoms with E-state index < -0.39 is 105 Å². The van der Waals surface area contributed by atoms with Gasteiger partial charge < -0.3 is 40.5 Å². The monoisotopic (exact) mass is 644 g/mol. The summed E-state index contributed by atoms with van der Waals surface area (Å²) >= 11 is 11.8. The zero-order valence-corrected chi connectivity index (χ0v) is 23.4. The van der Waals surface area contributed by atoms with Gasteiger partial charge in [-0.2, -0.15) is 0 Å². The number of carboxylic acids is 1. The van der Waals surface area contributed by atoms with Crippen molar-refractivity contribution in [3.8, 4) is 17.2 Å². The number of carbonyl (C=O) groups is 5. The lowest BCUT2D eigenvalue weighted by Crippen LogP contribution is -2.60. The molecule has 228 valence electrons. The number of hydrogen-bond donors (Lipinski definition) is 6. The number of urea groups is 1. The first kappa shape index (κ1) is 31.6. The van der Waals surface area contributed by atoms with Gasteiger partial charge in [0.1, 0.15) is 23.2 Å². The number of nitrogens with one attached hydrogen (secondary N) is 2. The third-order valence-electron chi connectivity index (χ3n) is 6.78. The van der Waals surface area contributed by atoms with Crippen LogP contribution >= 0.6 is 23.2 Å². The molecule has 6 N–H and O–H groups in total. The fourth-order valence-corrected chi connectivity index (χ4v) is 5.11. The van der Waals surface area contributed by atoms with E-state index in [1.54, 1.807) is 6.92 Å². The van der Waals surface area contributed by atoms with Crippen LogP contribution in [0.5, 0.6) is 17.2 Å². The van der Waals surface area contributed by atoms with Crippen LogP contribution in [0.2, 0.25) is 10.0 Å². The van der Waals surface area contributed by atoms with Gasteiger partial charge in [0.05, 0.1) is 16.0 Å². The maximum atomic E-state index is 15.1. The lowest BCUT2D eigenvalue weighted by molar-refractivity contribution is -0.153. The summed E-state index contributed by atoms with van der Waals surface area (Å²) in [4.78, 5) is 64.6. The molecule has 2 aliphatic heterocycles. The van der Waals surface area contributed by atoms with E-state index >= 15 is 4.39 Å². The van der Waals surface area contributed by atoms with Gasteiger partial charge in [-0.3, -0.25) is 19.3 Å². The highest BCUT2D eigenvalue weighted by atomic mass is 35.5. The number of carboxylic acid groups (broad SMARTS) is 1. The summed E-state index contributed by atoms with van der Waals surface area (Å²) in [6.07, 6.45) is -0.397. The fourth-order valence-electron chi connectivity index (χ4n) is 4.58. The van der Waals surface area contributed by atoms with Crippen LogP contribution in [0.25, 0.3) is 0 Å². The van der Waals surface area contributed by atoms with Crippen molar-refractivity contribution in [1.82, 2.24) is 20.4 Å². The summed E-state index contributed by atoms with van der Waals surface area (Å²) in [5, 5.41) is 42.6. The number of likely N-dealkylation sites (N-methyl/N-ethyl adjacent to an activating group) is 1. The standard InChI is InChI=1S/C24H21BCl2F2N4O10/c1-2-32-3-4-33(22(38)21(32)37)24(41)31-17(13-10(28)7-11(34)18(35)15(13)27)20(36)30-12-6-8-5-9(26)16(29)14(23(39)40)19(8)43-25(12)42/h5,7,12,17,34-35,42H,2-4,6H2,1H3,(H,30,36)(H,31,41)(H,39,40)/t12-,17+/m0/s1. The van der Waals surface area contributed by atoms with Crippen LogP contribution < -0.4 is 15.3 Å². The van der Waals surface area contributed by atoms with Crippen LogP contribution in [-0.4, -0.2) is 92.6 Å². The van der Waals surface area contributed by atoms with E-state index in [9.17, 15) is 48.7 Å². The molecule has 0 unspecified atom stereocenters. The average Bonchev–Trinajstić information content (AvgIpc) is 2.94. The molecule has 14 nitrogen and oxygen atoms in total. The van der Waals surface area contributed by atoms with Gasteiger partial charge in [0, 0.05) is 31.3 Å². The zero-order valence-electron chi connectivity index (χ0n) is 21.9. The first-order valence-electron chi connectivity index (χ1n) is 12.4. The van der Waals surface area contributed by atoms with E-state index in [4.69, 9.17) is 27.9 Å². The number of benzene rings is 2. The van der Waals surface area contributed by atoms with Crippen molar-refractivity contribution in [2.24, 2.45) is 0 Å². The highest BCUT2D eigenvalue weighted by Gasteiger charge is 2.43. The van der Waals surface area contributed by atoms with Crippen molar-refractivity contribution in [1.29, 1.82) is 0 Å².